The third kappa shape index (κ3) is 3.01. The summed E-state index contributed by atoms with van der Waals surface area (Å²) in [6.07, 6.45) is 3.31. The maximum atomic E-state index is 11.2. The molecular formula is C15H18ClN5O2. The molecule has 23 heavy (non-hydrogen) atoms. The van der Waals surface area contributed by atoms with Crippen LogP contribution in [0.15, 0.2) is 16.8 Å². The normalized spacial score (nSPS) is 17.9. The molecule has 1 atom stereocenters. The molecule has 1 aliphatic rings. The number of halogens is 1. The molecule has 3 rings (SSSR count). The quantitative estimate of drug-likeness (QED) is 0.922. The Morgan fingerprint density at radius 1 is 1.52 bits per heavy atom. The van der Waals surface area contributed by atoms with Crippen LogP contribution in [0.4, 0.5) is 5.82 Å². The number of primary amides is 1. The highest BCUT2D eigenvalue weighted by Crippen LogP contribution is 2.37. The van der Waals surface area contributed by atoms with Crippen LogP contribution in [0.3, 0.4) is 0 Å². The number of carbonyl (C=O) groups excluding carboxylic acids is 1. The molecule has 0 radical (unpaired) electrons. The van der Waals surface area contributed by atoms with Crippen LogP contribution in [0.5, 0.6) is 0 Å². The third-order valence-corrected chi connectivity index (χ3v) is 4.16. The molecule has 1 amide bonds. The summed E-state index contributed by atoms with van der Waals surface area (Å²) in [5.74, 6) is 1.50. The zero-order valence-electron chi connectivity index (χ0n) is 13.0. The van der Waals surface area contributed by atoms with Crippen molar-refractivity contribution in [1.82, 2.24) is 15.1 Å². The van der Waals surface area contributed by atoms with Crippen molar-refractivity contribution >= 4 is 23.3 Å². The number of pyridine rings is 1. The molecule has 0 aliphatic carbocycles. The summed E-state index contributed by atoms with van der Waals surface area (Å²) in [4.78, 5) is 22.0. The monoisotopic (exact) mass is 335 g/mol. The molecule has 0 unspecified atom stereocenters. The molecule has 0 saturated carbocycles. The van der Waals surface area contributed by atoms with E-state index in [4.69, 9.17) is 21.9 Å². The van der Waals surface area contributed by atoms with Gasteiger partial charge in [-0.05, 0) is 18.9 Å². The largest absolute Gasteiger partial charge is 0.366 e. The zero-order valence-corrected chi connectivity index (χ0v) is 13.7. The molecule has 122 valence electrons. The molecule has 3 heterocycles. The van der Waals surface area contributed by atoms with Crippen molar-refractivity contribution in [3.05, 3.63) is 34.6 Å². The summed E-state index contributed by atoms with van der Waals surface area (Å²) in [6.45, 7) is 4.80. The fourth-order valence-corrected chi connectivity index (χ4v) is 2.96. The number of hydrogen-bond donors (Lipinski definition) is 1. The SMILES string of the molecule is CC(C)c1nc([C@@H]2CCCN2c2ncc(C(N)=O)cc2Cl)no1. The van der Waals surface area contributed by atoms with Crippen LogP contribution in [0.2, 0.25) is 5.02 Å². The molecule has 2 aromatic heterocycles. The van der Waals surface area contributed by atoms with Crippen molar-refractivity contribution in [3.8, 4) is 0 Å². The van der Waals surface area contributed by atoms with E-state index >= 15 is 0 Å². The summed E-state index contributed by atoms with van der Waals surface area (Å²) in [5, 5.41) is 4.49. The van der Waals surface area contributed by atoms with E-state index in [0.717, 1.165) is 19.4 Å². The number of amides is 1. The van der Waals surface area contributed by atoms with Crippen molar-refractivity contribution in [2.24, 2.45) is 5.73 Å². The van der Waals surface area contributed by atoms with Crippen LogP contribution in [0.25, 0.3) is 0 Å². The van der Waals surface area contributed by atoms with E-state index in [1.807, 2.05) is 18.7 Å². The summed E-state index contributed by atoms with van der Waals surface area (Å²) in [6, 6.07) is 1.51. The van der Waals surface area contributed by atoms with E-state index < -0.39 is 5.91 Å². The first-order valence-corrected chi connectivity index (χ1v) is 7.90. The zero-order chi connectivity index (χ0) is 16.6. The third-order valence-electron chi connectivity index (χ3n) is 3.88. The van der Waals surface area contributed by atoms with Gasteiger partial charge in [0.25, 0.3) is 0 Å². The summed E-state index contributed by atoms with van der Waals surface area (Å²) >= 11 is 6.29. The summed E-state index contributed by atoms with van der Waals surface area (Å²) < 4.78 is 5.30. The molecule has 1 fully saturated rings. The Labute approximate surface area is 138 Å². The lowest BCUT2D eigenvalue weighted by Gasteiger charge is -2.24. The Morgan fingerprint density at radius 2 is 2.30 bits per heavy atom. The van der Waals surface area contributed by atoms with Gasteiger partial charge in [-0.2, -0.15) is 4.98 Å². The number of hydrogen-bond acceptors (Lipinski definition) is 6. The van der Waals surface area contributed by atoms with Gasteiger partial charge >= 0.3 is 0 Å². The van der Waals surface area contributed by atoms with Gasteiger partial charge in [-0.15, -0.1) is 0 Å². The minimum absolute atomic E-state index is 0.0318. The molecule has 1 saturated heterocycles. The van der Waals surface area contributed by atoms with Gasteiger partial charge in [0.15, 0.2) is 5.82 Å². The van der Waals surface area contributed by atoms with Gasteiger partial charge in [-0.3, -0.25) is 4.79 Å². The van der Waals surface area contributed by atoms with Gasteiger partial charge < -0.3 is 15.2 Å². The van der Waals surface area contributed by atoms with Crippen LogP contribution in [0, 0.1) is 0 Å². The van der Waals surface area contributed by atoms with E-state index in [9.17, 15) is 4.79 Å². The molecule has 0 spiro atoms. The minimum Gasteiger partial charge on any atom is -0.366 e. The van der Waals surface area contributed by atoms with Gasteiger partial charge in [0, 0.05) is 18.7 Å². The predicted octanol–water partition coefficient (Wildman–Crippen LogP) is 2.68. The van der Waals surface area contributed by atoms with Crippen LogP contribution in [0.1, 0.15) is 60.7 Å². The molecule has 1 aliphatic heterocycles. The van der Waals surface area contributed by atoms with Crippen molar-refractivity contribution in [1.29, 1.82) is 0 Å². The number of nitrogens with two attached hydrogens (primary N) is 1. The predicted molar refractivity (Wildman–Crippen MR) is 85.5 cm³/mol. The highest BCUT2D eigenvalue weighted by atomic mass is 35.5. The first kappa shape index (κ1) is 15.7. The minimum atomic E-state index is -0.552. The average Bonchev–Trinajstić information content (AvgIpc) is 3.15. The number of nitrogens with zero attached hydrogens (tertiary/aromatic N) is 4. The molecule has 0 aromatic carbocycles. The Kier molecular flexibility index (Phi) is 4.21. The smallest absolute Gasteiger partial charge is 0.250 e. The second-order valence-electron chi connectivity index (χ2n) is 5.89. The maximum absolute atomic E-state index is 11.2. The van der Waals surface area contributed by atoms with Gasteiger partial charge in [-0.25, -0.2) is 4.98 Å². The molecule has 2 aromatic rings. The van der Waals surface area contributed by atoms with Crippen molar-refractivity contribution in [2.75, 3.05) is 11.4 Å². The number of anilines is 1. The molecular weight excluding hydrogens is 318 g/mol. The van der Waals surface area contributed by atoms with Gasteiger partial charge in [0.2, 0.25) is 11.8 Å². The van der Waals surface area contributed by atoms with Gasteiger partial charge in [0.1, 0.15) is 5.82 Å². The highest BCUT2D eigenvalue weighted by Gasteiger charge is 2.32. The first-order chi connectivity index (χ1) is 11.0. The average molecular weight is 336 g/mol. The summed E-state index contributed by atoms with van der Waals surface area (Å²) in [7, 11) is 0. The van der Waals surface area contributed by atoms with Crippen LogP contribution in [-0.2, 0) is 0 Å². The molecule has 8 heteroatoms. The lowest BCUT2D eigenvalue weighted by atomic mass is 10.2. The maximum Gasteiger partial charge on any atom is 0.250 e. The number of aromatic nitrogens is 3. The highest BCUT2D eigenvalue weighted by molar-refractivity contribution is 6.33. The van der Waals surface area contributed by atoms with Gasteiger partial charge in [-0.1, -0.05) is 30.6 Å². The Morgan fingerprint density at radius 3 is 2.91 bits per heavy atom. The van der Waals surface area contributed by atoms with Crippen LogP contribution in [-0.4, -0.2) is 27.6 Å². The molecule has 2 N–H and O–H groups in total. The fraction of sp³-hybridized carbons (Fsp3) is 0.467. The lowest BCUT2D eigenvalue weighted by Crippen LogP contribution is -2.25. The number of carbonyl (C=O) groups is 1. The first-order valence-electron chi connectivity index (χ1n) is 7.53. The van der Waals surface area contributed by atoms with Crippen LogP contribution < -0.4 is 10.6 Å². The Hall–Kier alpha value is -2.15. The Balaban J connectivity index is 1.90. The number of rotatable bonds is 4. The Bertz CT molecular complexity index is 730. The summed E-state index contributed by atoms with van der Waals surface area (Å²) in [5.41, 5.74) is 5.54. The van der Waals surface area contributed by atoms with E-state index in [1.165, 1.54) is 12.3 Å². The molecule has 7 nitrogen and oxygen atoms in total. The standard InChI is InChI=1S/C15H18ClN5O2/c1-8(2)15-19-13(20-23-15)11-4-3-5-21(11)14-10(16)6-9(7-18-14)12(17)22/h6-8,11H,3-5H2,1-2H3,(H2,17,22)/t11-/m0/s1. The topological polar surface area (TPSA) is 98.1 Å². The van der Waals surface area contributed by atoms with Crippen LogP contribution >= 0.6 is 11.6 Å². The van der Waals surface area contributed by atoms with E-state index in [2.05, 4.69) is 15.1 Å². The second kappa shape index (κ2) is 6.16. The van der Waals surface area contributed by atoms with Crippen molar-refractivity contribution in [2.45, 2.75) is 38.6 Å². The van der Waals surface area contributed by atoms with E-state index in [-0.39, 0.29) is 17.5 Å². The lowest BCUT2D eigenvalue weighted by molar-refractivity contribution is 0.1000. The van der Waals surface area contributed by atoms with Crippen molar-refractivity contribution < 1.29 is 9.32 Å². The second-order valence-corrected chi connectivity index (χ2v) is 6.30. The van der Waals surface area contributed by atoms with Crippen molar-refractivity contribution in [3.63, 3.8) is 0 Å². The molecule has 0 bridgehead atoms. The van der Waals surface area contributed by atoms with Gasteiger partial charge in [0.05, 0.1) is 16.6 Å². The fourth-order valence-electron chi connectivity index (χ4n) is 2.68. The van der Waals surface area contributed by atoms with E-state index in [0.29, 0.717) is 22.6 Å². The van der Waals surface area contributed by atoms with E-state index in [1.54, 1.807) is 0 Å².